The number of piperidine rings is 1. The fourth-order valence-electron chi connectivity index (χ4n) is 4.85. The molecule has 5 rings (SSSR count). The van der Waals surface area contributed by atoms with E-state index >= 15 is 0 Å². The van der Waals surface area contributed by atoms with Crippen molar-refractivity contribution in [2.75, 3.05) is 18.0 Å². The fraction of sp³-hybridized carbons (Fsp3) is 0.548. The van der Waals surface area contributed by atoms with E-state index in [4.69, 9.17) is 19.4 Å². The molecule has 1 aromatic carbocycles. The maximum absolute atomic E-state index is 13.6. The average molecular weight is 580 g/mol. The highest BCUT2D eigenvalue weighted by molar-refractivity contribution is 7.99. The minimum Gasteiger partial charge on any atom is -0.444 e. The number of carbonyl (C=O) groups is 2. The average Bonchev–Trinajstić information content (AvgIpc) is 3.64. The molecule has 3 heterocycles. The number of rotatable bonds is 6. The van der Waals surface area contributed by atoms with E-state index in [1.807, 2.05) is 78.1 Å². The van der Waals surface area contributed by atoms with E-state index in [1.54, 1.807) is 21.6 Å². The summed E-state index contributed by atoms with van der Waals surface area (Å²) in [6, 6.07) is 9.86. The third-order valence-electron chi connectivity index (χ3n) is 6.91. The van der Waals surface area contributed by atoms with Crippen molar-refractivity contribution in [1.29, 1.82) is 0 Å². The molecule has 2 aromatic heterocycles. The van der Waals surface area contributed by atoms with Gasteiger partial charge in [0.1, 0.15) is 16.2 Å². The van der Waals surface area contributed by atoms with Gasteiger partial charge in [0.05, 0.1) is 6.54 Å². The minimum absolute atomic E-state index is 0.260. The summed E-state index contributed by atoms with van der Waals surface area (Å²) in [5.74, 6) is 0.963. The minimum atomic E-state index is -0.661. The molecule has 0 bridgehead atoms. The molecule has 0 atom stereocenters. The number of nitrogens with zero attached hydrogens (tertiary/aromatic N) is 5. The lowest BCUT2D eigenvalue weighted by Gasteiger charge is -2.33. The highest BCUT2D eigenvalue weighted by Crippen LogP contribution is 2.42. The lowest BCUT2D eigenvalue weighted by atomic mass is 10.1. The van der Waals surface area contributed by atoms with Gasteiger partial charge >= 0.3 is 12.2 Å². The Morgan fingerprint density at radius 3 is 2.24 bits per heavy atom. The van der Waals surface area contributed by atoms with Gasteiger partial charge in [0.15, 0.2) is 11.5 Å². The molecule has 0 N–H and O–H groups in total. The van der Waals surface area contributed by atoms with Crippen molar-refractivity contribution in [1.82, 2.24) is 19.3 Å². The summed E-state index contributed by atoms with van der Waals surface area (Å²) in [7, 11) is 0. The Bertz CT molecular complexity index is 1380. The number of carbonyl (C=O) groups excluding carboxylic acids is 2. The molecule has 1 saturated carbocycles. The van der Waals surface area contributed by atoms with Gasteiger partial charge in [-0.1, -0.05) is 30.3 Å². The first-order valence-electron chi connectivity index (χ1n) is 14.4. The molecule has 2 fully saturated rings. The predicted octanol–water partition coefficient (Wildman–Crippen LogP) is 7.04. The van der Waals surface area contributed by atoms with Crippen molar-refractivity contribution in [3.8, 4) is 0 Å². The predicted molar refractivity (Wildman–Crippen MR) is 161 cm³/mol. The molecule has 3 aromatic rings. The number of benzene rings is 1. The van der Waals surface area contributed by atoms with Crippen molar-refractivity contribution in [3.63, 3.8) is 0 Å². The van der Waals surface area contributed by atoms with Crippen LogP contribution in [0.1, 0.15) is 84.4 Å². The Labute approximate surface area is 246 Å². The number of amides is 2. The van der Waals surface area contributed by atoms with E-state index < -0.39 is 17.3 Å². The van der Waals surface area contributed by atoms with E-state index in [2.05, 4.69) is 10.6 Å². The second-order valence-corrected chi connectivity index (χ2v) is 14.2. The second-order valence-electron chi connectivity index (χ2n) is 12.9. The Morgan fingerprint density at radius 1 is 0.976 bits per heavy atom. The first-order chi connectivity index (χ1) is 19.4. The van der Waals surface area contributed by atoms with E-state index in [-0.39, 0.29) is 11.3 Å². The van der Waals surface area contributed by atoms with Gasteiger partial charge in [-0.15, -0.1) is 11.8 Å². The molecule has 0 spiro atoms. The Morgan fingerprint density at radius 2 is 1.63 bits per heavy atom. The number of hydrogen-bond donors (Lipinski definition) is 0. The molecule has 41 heavy (non-hydrogen) atoms. The highest BCUT2D eigenvalue weighted by atomic mass is 32.2. The number of imidazole rings is 1. The van der Waals surface area contributed by atoms with Crippen LogP contribution in [0, 0.1) is 0 Å². The van der Waals surface area contributed by atoms with Gasteiger partial charge < -0.3 is 14.4 Å². The molecule has 220 valence electrons. The Hall–Kier alpha value is -3.27. The van der Waals surface area contributed by atoms with Crippen LogP contribution in [0.3, 0.4) is 0 Å². The van der Waals surface area contributed by atoms with E-state index in [0.717, 1.165) is 42.0 Å². The summed E-state index contributed by atoms with van der Waals surface area (Å²) in [6.07, 6.45) is 7.19. The topological polar surface area (TPSA) is 89.3 Å². The monoisotopic (exact) mass is 579 g/mol. The number of fused-ring (bicyclic) bond motifs is 1. The van der Waals surface area contributed by atoms with E-state index in [0.29, 0.717) is 37.0 Å². The van der Waals surface area contributed by atoms with Crippen molar-refractivity contribution in [2.45, 2.75) is 101 Å². The third kappa shape index (κ3) is 7.52. The summed E-state index contributed by atoms with van der Waals surface area (Å²) in [4.78, 5) is 39.4. The molecule has 2 amide bonds. The van der Waals surface area contributed by atoms with Crippen LogP contribution in [0.4, 0.5) is 15.4 Å². The van der Waals surface area contributed by atoms with Crippen LogP contribution >= 0.6 is 11.8 Å². The quantitative estimate of drug-likeness (QED) is 0.309. The van der Waals surface area contributed by atoms with Gasteiger partial charge in [-0.2, -0.15) is 0 Å². The first kappa shape index (κ1) is 29.2. The zero-order valence-electron chi connectivity index (χ0n) is 24.9. The molecule has 1 aliphatic carbocycles. The summed E-state index contributed by atoms with van der Waals surface area (Å²) < 4.78 is 13.5. The molecule has 2 aliphatic rings. The molecule has 10 heteroatoms. The van der Waals surface area contributed by atoms with Crippen LogP contribution in [0.2, 0.25) is 0 Å². The van der Waals surface area contributed by atoms with E-state index in [1.165, 1.54) is 0 Å². The zero-order valence-corrected chi connectivity index (χ0v) is 25.7. The SMILES string of the molecule is CC(C)(C)OC(=O)N1CCC(Sc2cn3c(C4CC4)cnc3c(N(Cc3ccccc3)C(=O)OC(C)(C)C)n2)CC1. The molecule has 1 saturated heterocycles. The Kier molecular flexibility index (Phi) is 8.23. The standard InChI is InChI=1S/C31H41N5O4S/c1-30(2,3)39-28(37)34-16-14-23(15-17-34)41-25-20-35-24(22-12-13-22)18-32-26(35)27(33-25)36(29(38)40-31(4,5)6)19-21-10-8-7-9-11-21/h7-11,18,20,22-23H,12-17,19H2,1-6H3. The highest BCUT2D eigenvalue weighted by Gasteiger charge is 2.32. The van der Waals surface area contributed by atoms with Crippen molar-refractivity contribution in [3.05, 3.63) is 54.0 Å². The second kappa shape index (κ2) is 11.5. The lowest BCUT2D eigenvalue weighted by Crippen LogP contribution is -2.42. The fourth-order valence-corrected chi connectivity index (χ4v) is 5.94. The Balaban J connectivity index is 1.44. The molecule has 9 nitrogen and oxygen atoms in total. The number of anilines is 1. The van der Waals surface area contributed by atoms with Crippen LogP contribution in [0.15, 0.2) is 47.8 Å². The van der Waals surface area contributed by atoms with E-state index in [9.17, 15) is 9.59 Å². The lowest BCUT2D eigenvalue weighted by molar-refractivity contribution is 0.0219. The van der Waals surface area contributed by atoms with Gasteiger partial charge in [-0.05, 0) is 72.8 Å². The molecular weight excluding hydrogens is 538 g/mol. The van der Waals surface area contributed by atoms with Crippen molar-refractivity contribution in [2.24, 2.45) is 0 Å². The number of likely N-dealkylation sites (tertiary alicyclic amines) is 1. The number of thioether (sulfide) groups is 1. The number of aromatic nitrogens is 3. The van der Waals surface area contributed by atoms with Crippen LogP contribution in [0.5, 0.6) is 0 Å². The summed E-state index contributed by atoms with van der Waals surface area (Å²) in [6.45, 7) is 12.8. The van der Waals surface area contributed by atoms with Gasteiger partial charge in [-0.3, -0.25) is 9.30 Å². The van der Waals surface area contributed by atoms with Gasteiger partial charge in [0.25, 0.3) is 0 Å². The van der Waals surface area contributed by atoms with Crippen LogP contribution < -0.4 is 4.90 Å². The van der Waals surface area contributed by atoms with Crippen LogP contribution in [0.25, 0.3) is 5.65 Å². The van der Waals surface area contributed by atoms with Crippen LogP contribution in [-0.4, -0.2) is 61.0 Å². The number of ether oxygens (including phenoxy) is 2. The third-order valence-corrected chi connectivity index (χ3v) is 8.15. The molecule has 0 radical (unpaired) electrons. The summed E-state index contributed by atoms with van der Waals surface area (Å²) in [5, 5.41) is 1.10. The van der Waals surface area contributed by atoms with Gasteiger partial charge in [-0.25, -0.2) is 19.6 Å². The molecule has 1 aliphatic heterocycles. The van der Waals surface area contributed by atoms with Crippen molar-refractivity contribution < 1.29 is 19.1 Å². The van der Waals surface area contributed by atoms with Crippen molar-refractivity contribution >= 4 is 35.4 Å². The van der Waals surface area contributed by atoms with Gasteiger partial charge in [0, 0.05) is 42.3 Å². The summed E-state index contributed by atoms with van der Waals surface area (Å²) >= 11 is 1.70. The summed E-state index contributed by atoms with van der Waals surface area (Å²) in [5.41, 5.74) is 1.60. The largest absolute Gasteiger partial charge is 0.444 e. The maximum Gasteiger partial charge on any atom is 0.416 e. The van der Waals surface area contributed by atoms with Gasteiger partial charge in [0.2, 0.25) is 0 Å². The molecule has 0 unspecified atom stereocenters. The zero-order chi connectivity index (χ0) is 29.4. The first-order valence-corrected chi connectivity index (χ1v) is 15.3. The van der Waals surface area contributed by atoms with Crippen LogP contribution in [-0.2, 0) is 16.0 Å². The maximum atomic E-state index is 13.6. The smallest absolute Gasteiger partial charge is 0.416 e. The molecular formula is C31H41N5O4S. The number of hydrogen-bond acceptors (Lipinski definition) is 7. The normalized spacial score (nSPS) is 16.6.